The van der Waals surface area contributed by atoms with Gasteiger partial charge in [-0.2, -0.15) is 0 Å². The van der Waals surface area contributed by atoms with Crippen molar-refractivity contribution >= 4 is 29.3 Å². The maximum Gasteiger partial charge on any atom is 0.230 e. The summed E-state index contributed by atoms with van der Waals surface area (Å²) in [6, 6.07) is 25.9. The van der Waals surface area contributed by atoms with E-state index < -0.39 is 0 Å². The number of hydrogen-bond acceptors (Lipinski definition) is 2. The minimum atomic E-state index is -0.143. The van der Waals surface area contributed by atoms with Gasteiger partial charge in [0.15, 0.2) is 0 Å². The minimum Gasteiger partial charge on any atom is -0.344 e. The third kappa shape index (κ3) is 5.62. The van der Waals surface area contributed by atoms with Gasteiger partial charge < -0.3 is 5.32 Å². The van der Waals surface area contributed by atoms with E-state index in [0.717, 1.165) is 27.5 Å². The highest BCUT2D eigenvalue weighted by atomic mass is 35.5. The molecule has 0 bridgehead atoms. The Balaban J connectivity index is 1.66. The Hall–Kier alpha value is -2.23. The van der Waals surface area contributed by atoms with E-state index in [9.17, 15) is 4.79 Å². The SMILES string of the molecule is Cc1ccccc1[C@@H](NC(=O)CSCc1ccc(Cl)cc1)c1ccccc1. The number of carbonyl (C=O) groups is 1. The van der Waals surface area contributed by atoms with E-state index in [2.05, 4.69) is 36.5 Å². The van der Waals surface area contributed by atoms with Gasteiger partial charge in [0.25, 0.3) is 0 Å². The first-order valence-electron chi connectivity index (χ1n) is 8.85. The summed E-state index contributed by atoms with van der Waals surface area (Å²) in [5.74, 6) is 1.23. The average Bonchev–Trinajstić information content (AvgIpc) is 2.69. The van der Waals surface area contributed by atoms with Crippen LogP contribution in [0.5, 0.6) is 0 Å². The van der Waals surface area contributed by atoms with E-state index in [1.54, 1.807) is 11.8 Å². The van der Waals surface area contributed by atoms with Crippen LogP contribution in [0, 0.1) is 6.92 Å². The minimum absolute atomic E-state index is 0.0334. The van der Waals surface area contributed by atoms with Gasteiger partial charge in [0.2, 0.25) is 5.91 Å². The van der Waals surface area contributed by atoms with Gasteiger partial charge in [-0.3, -0.25) is 4.79 Å². The maximum absolute atomic E-state index is 12.6. The van der Waals surface area contributed by atoms with Crippen molar-refractivity contribution in [3.8, 4) is 0 Å². The molecule has 0 saturated heterocycles. The van der Waals surface area contributed by atoms with Crippen LogP contribution in [-0.2, 0) is 10.5 Å². The van der Waals surface area contributed by atoms with Crippen LogP contribution >= 0.6 is 23.4 Å². The van der Waals surface area contributed by atoms with Crippen molar-refractivity contribution < 1.29 is 4.79 Å². The molecule has 0 saturated carbocycles. The number of nitrogens with one attached hydrogen (secondary N) is 1. The van der Waals surface area contributed by atoms with Crippen LogP contribution in [0.4, 0.5) is 0 Å². The number of thioether (sulfide) groups is 1. The second-order valence-electron chi connectivity index (χ2n) is 6.39. The molecule has 138 valence electrons. The predicted octanol–water partition coefficient (Wildman–Crippen LogP) is 5.79. The fourth-order valence-corrected chi connectivity index (χ4v) is 3.87. The first-order chi connectivity index (χ1) is 13.1. The second kappa shape index (κ2) is 9.63. The molecule has 27 heavy (non-hydrogen) atoms. The lowest BCUT2D eigenvalue weighted by Gasteiger charge is -2.21. The van der Waals surface area contributed by atoms with Crippen molar-refractivity contribution in [3.05, 3.63) is 106 Å². The van der Waals surface area contributed by atoms with Crippen molar-refractivity contribution in [3.63, 3.8) is 0 Å². The zero-order valence-electron chi connectivity index (χ0n) is 15.2. The number of carbonyl (C=O) groups excluding carboxylic acids is 1. The Morgan fingerprint density at radius 2 is 1.63 bits per heavy atom. The van der Waals surface area contributed by atoms with Gasteiger partial charge in [0.1, 0.15) is 0 Å². The molecule has 3 aromatic carbocycles. The fraction of sp³-hybridized carbons (Fsp3) is 0.174. The van der Waals surface area contributed by atoms with E-state index in [0.29, 0.717) is 5.75 Å². The Morgan fingerprint density at radius 3 is 2.33 bits per heavy atom. The Kier molecular flexibility index (Phi) is 6.97. The molecule has 2 nitrogen and oxygen atoms in total. The van der Waals surface area contributed by atoms with Crippen LogP contribution in [0.15, 0.2) is 78.9 Å². The molecule has 0 aliphatic carbocycles. The molecule has 4 heteroatoms. The second-order valence-corrected chi connectivity index (χ2v) is 7.81. The number of hydrogen-bond donors (Lipinski definition) is 1. The zero-order valence-corrected chi connectivity index (χ0v) is 16.8. The molecule has 0 fully saturated rings. The smallest absolute Gasteiger partial charge is 0.230 e. The van der Waals surface area contributed by atoms with Crippen LogP contribution < -0.4 is 5.32 Å². The molecule has 0 aromatic heterocycles. The molecule has 1 amide bonds. The molecule has 0 spiro atoms. The number of amides is 1. The number of aryl methyl sites for hydroxylation is 1. The highest BCUT2D eigenvalue weighted by Crippen LogP contribution is 2.25. The van der Waals surface area contributed by atoms with Gasteiger partial charge in [-0.25, -0.2) is 0 Å². The topological polar surface area (TPSA) is 29.1 Å². The lowest BCUT2D eigenvalue weighted by Crippen LogP contribution is -2.31. The van der Waals surface area contributed by atoms with Crippen molar-refractivity contribution in [2.75, 3.05) is 5.75 Å². The summed E-state index contributed by atoms with van der Waals surface area (Å²) in [6.07, 6.45) is 0. The number of rotatable bonds is 7. The number of halogens is 1. The highest BCUT2D eigenvalue weighted by molar-refractivity contribution is 7.99. The first kappa shape index (κ1) is 19.5. The van der Waals surface area contributed by atoms with Crippen LogP contribution in [0.2, 0.25) is 5.02 Å². The van der Waals surface area contributed by atoms with Crippen LogP contribution in [0.1, 0.15) is 28.3 Å². The van der Waals surface area contributed by atoms with Crippen LogP contribution in [-0.4, -0.2) is 11.7 Å². The summed E-state index contributed by atoms with van der Waals surface area (Å²) in [5, 5.41) is 3.93. The monoisotopic (exact) mass is 395 g/mol. The quantitative estimate of drug-likeness (QED) is 0.548. The summed E-state index contributed by atoms with van der Waals surface area (Å²) in [6.45, 7) is 2.08. The molecule has 1 N–H and O–H groups in total. The van der Waals surface area contributed by atoms with Crippen LogP contribution in [0.25, 0.3) is 0 Å². The third-order valence-corrected chi connectivity index (χ3v) is 5.61. The summed E-state index contributed by atoms with van der Waals surface area (Å²) < 4.78 is 0. The van der Waals surface area contributed by atoms with Crippen LogP contribution in [0.3, 0.4) is 0 Å². The van der Waals surface area contributed by atoms with E-state index >= 15 is 0 Å². The third-order valence-electron chi connectivity index (χ3n) is 4.35. The highest BCUT2D eigenvalue weighted by Gasteiger charge is 2.18. The first-order valence-corrected chi connectivity index (χ1v) is 10.4. The number of benzene rings is 3. The lowest BCUT2D eigenvalue weighted by atomic mass is 9.95. The van der Waals surface area contributed by atoms with Gasteiger partial charge in [0, 0.05) is 10.8 Å². The molecular formula is C23H22ClNOS. The molecule has 0 heterocycles. The van der Waals surface area contributed by atoms with E-state index in [-0.39, 0.29) is 11.9 Å². The standard InChI is InChI=1S/C23H22ClNOS/c1-17-7-5-6-10-21(17)23(19-8-3-2-4-9-19)25-22(26)16-27-15-18-11-13-20(24)14-12-18/h2-14,23H,15-16H2,1H3,(H,25,26)/t23-/m0/s1. The molecular weight excluding hydrogens is 374 g/mol. The average molecular weight is 396 g/mol. The maximum atomic E-state index is 12.6. The van der Waals surface area contributed by atoms with Gasteiger partial charge in [-0.15, -0.1) is 11.8 Å². The predicted molar refractivity (Wildman–Crippen MR) is 115 cm³/mol. The molecule has 0 radical (unpaired) electrons. The zero-order chi connectivity index (χ0) is 19.1. The fourth-order valence-electron chi connectivity index (χ4n) is 2.94. The molecule has 0 unspecified atom stereocenters. The molecule has 3 aromatic rings. The van der Waals surface area contributed by atoms with Gasteiger partial charge in [-0.1, -0.05) is 78.3 Å². The Morgan fingerprint density at radius 1 is 0.963 bits per heavy atom. The van der Waals surface area contributed by atoms with Crippen molar-refractivity contribution in [1.82, 2.24) is 5.32 Å². The Labute approximate surface area is 170 Å². The van der Waals surface area contributed by atoms with Crippen molar-refractivity contribution in [2.45, 2.75) is 18.7 Å². The van der Waals surface area contributed by atoms with E-state index in [1.807, 2.05) is 54.6 Å². The van der Waals surface area contributed by atoms with Crippen molar-refractivity contribution in [2.24, 2.45) is 0 Å². The van der Waals surface area contributed by atoms with Gasteiger partial charge in [0.05, 0.1) is 11.8 Å². The van der Waals surface area contributed by atoms with Crippen molar-refractivity contribution in [1.29, 1.82) is 0 Å². The van der Waals surface area contributed by atoms with E-state index in [4.69, 9.17) is 11.6 Å². The summed E-state index contributed by atoms with van der Waals surface area (Å²) in [7, 11) is 0. The lowest BCUT2D eigenvalue weighted by molar-refractivity contribution is -0.119. The van der Waals surface area contributed by atoms with E-state index in [1.165, 1.54) is 5.56 Å². The normalized spacial score (nSPS) is 11.8. The summed E-state index contributed by atoms with van der Waals surface area (Å²) >= 11 is 7.51. The molecule has 0 aliphatic rings. The summed E-state index contributed by atoms with van der Waals surface area (Å²) in [5.41, 5.74) is 4.54. The molecule has 3 rings (SSSR count). The summed E-state index contributed by atoms with van der Waals surface area (Å²) in [4.78, 5) is 12.6. The van der Waals surface area contributed by atoms with Gasteiger partial charge >= 0.3 is 0 Å². The largest absolute Gasteiger partial charge is 0.344 e. The molecule has 1 atom stereocenters. The van der Waals surface area contributed by atoms with Gasteiger partial charge in [-0.05, 0) is 41.3 Å². The molecule has 0 aliphatic heterocycles. The Bertz CT molecular complexity index is 880.